The molecule has 2 aliphatic heterocycles. The zero-order valence-corrected chi connectivity index (χ0v) is 24.3. The maximum Gasteiger partial charge on any atom is 0.306 e. The summed E-state index contributed by atoms with van der Waals surface area (Å²) in [6.45, 7) is 9.92. The molecule has 2 heterocycles. The van der Waals surface area contributed by atoms with Crippen LogP contribution in [0.2, 0.25) is 0 Å². The lowest BCUT2D eigenvalue weighted by molar-refractivity contribution is -0.158. The fourth-order valence-corrected chi connectivity index (χ4v) is 5.77. The van der Waals surface area contributed by atoms with Crippen LogP contribution >= 0.6 is 0 Å². The van der Waals surface area contributed by atoms with Crippen LogP contribution in [0.25, 0.3) is 0 Å². The van der Waals surface area contributed by atoms with Gasteiger partial charge in [-0.05, 0) is 49.1 Å². The number of nitrogens with zero attached hydrogens (tertiary/aromatic N) is 2. The zero-order valence-electron chi connectivity index (χ0n) is 24.3. The van der Waals surface area contributed by atoms with Crippen molar-refractivity contribution in [1.82, 2.24) is 9.80 Å². The number of rotatable bonds is 13. The first kappa shape index (κ1) is 29.9. The van der Waals surface area contributed by atoms with Gasteiger partial charge >= 0.3 is 5.97 Å². The Bertz CT molecular complexity index is 1110. The molecule has 4 rings (SSSR count). The van der Waals surface area contributed by atoms with E-state index in [2.05, 4.69) is 16.7 Å². The van der Waals surface area contributed by atoms with Gasteiger partial charge in [-0.15, -0.1) is 0 Å². The van der Waals surface area contributed by atoms with Crippen molar-refractivity contribution in [1.29, 1.82) is 0 Å². The highest BCUT2D eigenvalue weighted by atomic mass is 16.6. The van der Waals surface area contributed by atoms with Crippen LogP contribution in [0.15, 0.2) is 42.5 Å². The summed E-state index contributed by atoms with van der Waals surface area (Å²) in [5.74, 6) is 0.855. The molecule has 1 fully saturated rings. The molecular weight excluding hydrogens is 506 g/mol. The third kappa shape index (κ3) is 7.76. The molecular formula is C32H45N3O5. The Hall–Kier alpha value is -3.10. The molecule has 2 aliphatic rings. The molecule has 40 heavy (non-hydrogen) atoms. The number of primary amides is 1. The summed E-state index contributed by atoms with van der Waals surface area (Å²) < 4.78 is 18.3. The number of esters is 1. The molecule has 8 heteroatoms. The molecule has 0 saturated carbocycles. The van der Waals surface area contributed by atoms with E-state index in [-0.39, 0.29) is 11.9 Å². The van der Waals surface area contributed by atoms with Gasteiger partial charge in [0.25, 0.3) is 0 Å². The first-order valence-electron chi connectivity index (χ1n) is 14.8. The number of aryl methyl sites for hydroxylation is 2. The largest absolute Gasteiger partial charge is 0.486 e. The number of hydrogen-bond acceptors (Lipinski definition) is 7. The standard InChI is InChI=1S/C32H45N3O5/c1-4-5-6-7-8-16-29(36)40-27(28-22-38-25-14-9-10-15-26(25)39-28)21-34-17-19-35(20-18-34)31(32(33)37)30-23(2)12-11-13-24(30)3/h9-15,27-28,31H,4-8,16-22H2,1-3H3,(H2,33,37). The minimum absolute atomic E-state index is 0.189. The Morgan fingerprint density at radius 1 is 0.950 bits per heavy atom. The second kappa shape index (κ2) is 14.5. The van der Waals surface area contributed by atoms with Crippen molar-refractivity contribution in [2.75, 3.05) is 39.3 Å². The molecule has 1 saturated heterocycles. The van der Waals surface area contributed by atoms with E-state index in [0.29, 0.717) is 44.2 Å². The van der Waals surface area contributed by atoms with E-state index in [1.54, 1.807) is 0 Å². The van der Waals surface area contributed by atoms with Crippen LogP contribution in [0.4, 0.5) is 0 Å². The van der Waals surface area contributed by atoms with Gasteiger partial charge in [-0.1, -0.05) is 62.9 Å². The summed E-state index contributed by atoms with van der Waals surface area (Å²) in [5, 5.41) is 0. The molecule has 0 spiro atoms. The lowest BCUT2D eigenvalue weighted by Crippen LogP contribution is -2.54. The summed E-state index contributed by atoms with van der Waals surface area (Å²) in [6.07, 6.45) is 4.92. The van der Waals surface area contributed by atoms with E-state index < -0.39 is 18.2 Å². The van der Waals surface area contributed by atoms with Crippen LogP contribution < -0.4 is 15.2 Å². The highest BCUT2D eigenvalue weighted by molar-refractivity contribution is 5.82. The van der Waals surface area contributed by atoms with Gasteiger partial charge in [0.05, 0.1) is 0 Å². The number of nitrogens with two attached hydrogens (primary N) is 1. The average Bonchev–Trinajstić information content (AvgIpc) is 2.95. The molecule has 0 aromatic heterocycles. The average molecular weight is 552 g/mol. The van der Waals surface area contributed by atoms with E-state index in [9.17, 15) is 9.59 Å². The van der Waals surface area contributed by atoms with Gasteiger partial charge in [-0.2, -0.15) is 0 Å². The fourth-order valence-electron chi connectivity index (χ4n) is 5.77. The van der Waals surface area contributed by atoms with Gasteiger partial charge in [0.15, 0.2) is 23.7 Å². The topological polar surface area (TPSA) is 94.3 Å². The molecule has 2 aromatic rings. The Kier molecular flexibility index (Phi) is 10.8. The summed E-state index contributed by atoms with van der Waals surface area (Å²) in [6, 6.07) is 13.2. The summed E-state index contributed by atoms with van der Waals surface area (Å²) in [7, 11) is 0. The van der Waals surface area contributed by atoms with Crippen molar-refractivity contribution >= 4 is 11.9 Å². The predicted octanol–water partition coefficient (Wildman–Crippen LogP) is 4.56. The molecule has 0 aliphatic carbocycles. The van der Waals surface area contributed by atoms with Crippen molar-refractivity contribution in [3.8, 4) is 11.5 Å². The lowest BCUT2D eigenvalue weighted by Gasteiger charge is -2.41. The number of fused-ring (bicyclic) bond motifs is 1. The molecule has 218 valence electrons. The smallest absolute Gasteiger partial charge is 0.306 e. The van der Waals surface area contributed by atoms with Gasteiger partial charge in [0.2, 0.25) is 5.91 Å². The molecule has 8 nitrogen and oxygen atoms in total. The number of benzene rings is 2. The lowest BCUT2D eigenvalue weighted by atomic mass is 9.94. The molecule has 2 N–H and O–H groups in total. The monoisotopic (exact) mass is 551 g/mol. The molecule has 1 amide bonds. The minimum atomic E-state index is -0.464. The van der Waals surface area contributed by atoms with Gasteiger partial charge in [-0.25, -0.2) is 0 Å². The Balaban J connectivity index is 1.40. The van der Waals surface area contributed by atoms with Crippen molar-refractivity contribution in [2.24, 2.45) is 5.73 Å². The highest BCUT2D eigenvalue weighted by Gasteiger charge is 2.36. The van der Waals surface area contributed by atoms with Crippen LogP contribution in [0.1, 0.15) is 68.2 Å². The number of carbonyl (C=O) groups is 2. The van der Waals surface area contributed by atoms with Crippen LogP contribution in [-0.2, 0) is 14.3 Å². The maximum absolute atomic E-state index is 12.9. The van der Waals surface area contributed by atoms with E-state index in [0.717, 1.165) is 49.0 Å². The number of piperazine rings is 1. The normalized spacial score (nSPS) is 19.1. The number of carbonyl (C=O) groups excluding carboxylic acids is 2. The summed E-state index contributed by atoms with van der Waals surface area (Å²) in [4.78, 5) is 29.9. The van der Waals surface area contributed by atoms with Crippen LogP contribution in [0.5, 0.6) is 11.5 Å². The molecule has 2 aromatic carbocycles. The Morgan fingerprint density at radius 3 is 2.30 bits per heavy atom. The van der Waals surface area contributed by atoms with E-state index in [4.69, 9.17) is 19.9 Å². The second-order valence-electron chi connectivity index (χ2n) is 11.1. The van der Waals surface area contributed by atoms with Crippen LogP contribution in [0, 0.1) is 13.8 Å². The van der Waals surface area contributed by atoms with Crippen molar-refractivity contribution in [3.05, 3.63) is 59.2 Å². The molecule has 0 radical (unpaired) electrons. The Morgan fingerprint density at radius 2 is 1.62 bits per heavy atom. The fraction of sp³-hybridized carbons (Fsp3) is 0.562. The predicted molar refractivity (Wildman–Crippen MR) is 155 cm³/mol. The van der Waals surface area contributed by atoms with Gasteiger partial charge in [-0.3, -0.25) is 19.4 Å². The van der Waals surface area contributed by atoms with Crippen molar-refractivity contribution < 1.29 is 23.8 Å². The number of ether oxygens (including phenoxy) is 3. The quantitative estimate of drug-likeness (QED) is 0.288. The third-order valence-corrected chi connectivity index (χ3v) is 8.01. The molecule has 3 unspecified atom stereocenters. The zero-order chi connectivity index (χ0) is 28.5. The van der Waals surface area contributed by atoms with Crippen molar-refractivity contribution in [3.63, 3.8) is 0 Å². The van der Waals surface area contributed by atoms with E-state index in [1.807, 2.05) is 56.3 Å². The second-order valence-corrected chi connectivity index (χ2v) is 11.1. The van der Waals surface area contributed by atoms with Gasteiger partial charge in [0.1, 0.15) is 12.6 Å². The van der Waals surface area contributed by atoms with Gasteiger partial charge < -0.3 is 19.9 Å². The first-order chi connectivity index (χ1) is 19.4. The summed E-state index contributed by atoms with van der Waals surface area (Å²) >= 11 is 0. The number of hydrogen-bond donors (Lipinski definition) is 1. The van der Waals surface area contributed by atoms with Gasteiger partial charge in [0, 0.05) is 39.1 Å². The highest BCUT2D eigenvalue weighted by Crippen LogP contribution is 2.33. The Labute approximate surface area is 238 Å². The third-order valence-electron chi connectivity index (χ3n) is 8.01. The van der Waals surface area contributed by atoms with Crippen LogP contribution in [0.3, 0.4) is 0 Å². The molecule has 0 bridgehead atoms. The maximum atomic E-state index is 12.9. The van der Waals surface area contributed by atoms with E-state index >= 15 is 0 Å². The van der Waals surface area contributed by atoms with Crippen molar-refractivity contribution in [2.45, 2.75) is 77.5 Å². The van der Waals surface area contributed by atoms with Crippen LogP contribution in [-0.4, -0.2) is 73.2 Å². The van der Waals surface area contributed by atoms with E-state index in [1.165, 1.54) is 12.8 Å². The molecule has 3 atom stereocenters. The number of amides is 1. The number of para-hydroxylation sites is 2. The SMILES string of the molecule is CCCCCCCC(=O)OC(CN1CCN(C(C(N)=O)c2c(C)cccc2C)CC1)C1COc2ccccc2O1. The number of unbranched alkanes of at least 4 members (excludes halogenated alkanes) is 4. The first-order valence-corrected chi connectivity index (χ1v) is 14.8. The minimum Gasteiger partial charge on any atom is -0.486 e. The summed E-state index contributed by atoms with van der Waals surface area (Å²) in [5.41, 5.74) is 9.07.